The zero-order chi connectivity index (χ0) is 19.6. The van der Waals surface area contributed by atoms with Crippen LogP contribution < -0.4 is 5.32 Å². The molecular weight excluding hydrogens is 342 g/mol. The van der Waals surface area contributed by atoms with E-state index in [9.17, 15) is 14.4 Å². The molecule has 0 aliphatic carbocycles. The maximum Gasteiger partial charge on any atom is 0.253 e. The van der Waals surface area contributed by atoms with Gasteiger partial charge < -0.3 is 19.9 Å². The normalized spacial score (nSPS) is 24.0. The Morgan fingerprint density at radius 1 is 1.11 bits per heavy atom. The lowest BCUT2D eigenvalue weighted by Crippen LogP contribution is -2.44. The molecule has 0 radical (unpaired) electrons. The SMILES string of the molecule is CNc1ccc(C(=O)N2C[C@@H]3C[C@@H](C)N(C(=O)CCCC(C)=O)[C@@H]3C2)cc1. The molecule has 0 aromatic heterocycles. The van der Waals surface area contributed by atoms with Crippen molar-refractivity contribution in [1.82, 2.24) is 9.80 Å². The van der Waals surface area contributed by atoms with Gasteiger partial charge in [-0.25, -0.2) is 0 Å². The Bertz CT molecular complexity index is 716. The molecule has 1 aromatic rings. The Hall–Kier alpha value is -2.37. The van der Waals surface area contributed by atoms with Crippen LogP contribution in [0, 0.1) is 5.92 Å². The van der Waals surface area contributed by atoms with Crippen LogP contribution >= 0.6 is 0 Å². The van der Waals surface area contributed by atoms with Crippen LogP contribution in [0.5, 0.6) is 0 Å². The predicted octanol–water partition coefficient (Wildman–Crippen LogP) is 2.55. The number of carbonyl (C=O) groups excluding carboxylic acids is 3. The van der Waals surface area contributed by atoms with Crippen molar-refractivity contribution in [3.05, 3.63) is 29.8 Å². The molecular formula is C21H29N3O3. The number of anilines is 1. The van der Waals surface area contributed by atoms with E-state index in [1.807, 2.05) is 41.1 Å². The molecule has 6 heteroatoms. The van der Waals surface area contributed by atoms with E-state index in [2.05, 4.69) is 12.2 Å². The number of amides is 2. The number of ketones is 1. The van der Waals surface area contributed by atoms with Crippen LogP contribution in [0.25, 0.3) is 0 Å². The first-order valence-corrected chi connectivity index (χ1v) is 9.78. The Morgan fingerprint density at radius 2 is 1.81 bits per heavy atom. The first-order chi connectivity index (χ1) is 12.9. The number of likely N-dealkylation sites (tertiary alicyclic amines) is 2. The first kappa shape index (κ1) is 19.4. The van der Waals surface area contributed by atoms with Crippen LogP contribution in [0.1, 0.15) is 49.9 Å². The number of hydrogen-bond donors (Lipinski definition) is 1. The van der Waals surface area contributed by atoms with Gasteiger partial charge in [-0.15, -0.1) is 0 Å². The van der Waals surface area contributed by atoms with Gasteiger partial charge in [0.15, 0.2) is 0 Å². The monoisotopic (exact) mass is 371 g/mol. The minimum absolute atomic E-state index is 0.0312. The smallest absolute Gasteiger partial charge is 0.253 e. The van der Waals surface area contributed by atoms with Crippen molar-refractivity contribution in [2.45, 2.75) is 51.6 Å². The van der Waals surface area contributed by atoms with Crippen molar-refractivity contribution in [2.75, 3.05) is 25.5 Å². The second-order valence-electron chi connectivity index (χ2n) is 7.81. The highest BCUT2D eigenvalue weighted by Crippen LogP contribution is 2.36. The predicted molar refractivity (Wildman–Crippen MR) is 105 cm³/mol. The third-order valence-corrected chi connectivity index (χ3v) is 5.80. The Kier molecular flexibility index (Phi) is 5.82. The van der Waals surface area contributed by atoms with Crippen molar-refractivity contribution in [1.29, 1.82) is 0 Å². The number of rotatable bonds is 6. The number of benzene rings is 1. The largest absolute Gasteiger partial charge is 0.388 e. The quantitative estimate of drug-likeness (QED) is 0.834. The highest BCUT2D eigenvalue weighted by atomic mass is 16.2. The standard InChI is InChI=1S/C21H29N3O3/c1-14-11-17-12-23(21(27)16-7-9-18(22-3)10-8-16)13-19(17)24(14)20(26)6-4-5-15(2)25/h7-10,14,17,19,22H,4-6,11-13H2,1-3H3/t14-,17+,19-/m1/s1. The Labute approximate surface area is 160 Å². The van der Waals surface area contributed by atoms with Gasteiger partial charge in [-0.1, -0.05) is 0 Å². The molecule has 2 fully saturated rings. The number of hydrogen-bond acceptors (Lipinski definition) is 4. The summed E-state index contributed by atoms with van der Waals surface area (Å²) >= 11 is 0. The molecule has 27 heavy (non-hydrogen) atoms. The van der Waals surface area contributed by atoms with Crippen molar-refractivity contribution < 1.29 is 14.4 Å². The molecule has 0 unspecified atom stereocenters. The molecule has 1 aromatic carbocycles. The van der Waals surface area contributed by atoms with E-state index < -0.39 is 0 Å². The summed E-state index contributed by atoms with van der Waals surface area (Å²) in [6.45, 7) is 4.95. The molecule has 3 atom stereocenters. The highest BCUT2D eigenvalue weighted by molar-refractivity contribution is 5.95. The van der Waals surface area contributed by atoms with Gasteiger partial charge in [-0.2, -0.15) is 0 Å². The molecule has 2 aliphatic heterocycles. The van der Waals surface area contributed by atoms with Gasteiger partial charge in [-0.05, 0) is 51.0 Å². The Morgan fingerprint density at radius 3 is 2.44 bits per heavy atom. The molecule has 6 nitrogen and oxygen atoms in total. The topological polar surface area (TPSA) is 69.7 Å². The summed E-state index contributed by atoms with van der Waals surface area (Å²) in [5.41, 5.74) is 1.65. The molecule has 0 spiro atoms. The van der Waals surface area contributed by atoms with E-state index >= 15 is 0 Å². The lowest BCUT2D eigenvalue weighted by atomic mass is 10.0. The van der Waals surface area contributed by atoms with Gasteiger partial charge >= 0.3 is 0 Å². The average Bonchev–Trinajstić information content (AvgIpc) is 3.17. The van der Waals surface area contributed by atoms with Crippen molar-refractivity contribution in [3.8, 4) is 0 Å². The minimum atomic E-state index is 0.0312. The minimum Gasteiger partial charge on any atom is -0.388 e. The zero-order valence-electron chi connectivity index (χ0n) is 16.4. The molecule has 2 amide bonds. The summed E-state index contributed by atoms with van der Waals surface area (Å²) in [6, 6.07) is 7.79. The highest BCUT2D eigenvalue weighted by Gasteiger charge is 2.47. The van der Waals surface area contributed by atoms with Crippen LogP contribution in [-0.2, 0) is 9.59 Å². The molecule has 0 saturated carbocycles. The number of nitrogens with zero attached hydrogens (tertiary/aromatic N) is 2. The van der Waals surface area contributed by atoms with Crippen molar-refractivity contribution >= 4 is 23.3 Å². The zero-order valence-corrected chi connectivity index (χ0v) is 16.4. The van der Waals surface area contributed by atoms with E-state index in [0.717, 1.165) is 12.1 Å². The van der Waals surface area contributed by atoms with Gasteiger partial charge in [-0.3, -0.25) is 9.59 Å². The van der Waals surface area contributed by atoms with Crippen LogP contribution in [-0.4, -0.2) is 59.6 Å². The van der Waals surface area contributed by atoms with Crippen LogP contribution in [0.15, 0.2) is 24.3 Å². The van der Waals surface area contributed by atoms with Gasteiger partial charge in [0.05, 0.1) is 6.04 Å². The summed E-state index contributed by atoms with van der Waals surface area (Å²) in [6.07, 6.45) is 2.41. The summed E-state index contributed by atoms with van der Waals surface area (Å²) in [4.78, 5) is 40.5. The fourth-order valence-corrected chi connectivity index (χ4v) is 4.46. The molecule has 1 N–H and O–H groups in total. The summed E-state index contributed by atoms with van der Waals surface area (Å²) in [5.74, 6) is 0.613. The van der Waals surface area contributed by atoms with Crippen LogP contribution in [0.2, 0.25) is 0 Å². The fraction of sp³-hybridized carbons (Fsp3) is 0.571. The Balaban J connectivity index is 1.63. The summed E-state index contributed by atoms with van der Waals surface area (Å²) in [5, 5.41) is 3.05. The molecule has 146 valence electrons. The second kappa shape index (κ2) is 8.11. The average molecular weight is 371 g/mol. The maximum atomic E-state index is 12.8. The number of fused-ring (bicyclic) bond motifs is 1. The van der Waals surface area contributed by atoms with Gasteiger partial charge in [0, 0.05) is 56.2 Å². The molecule has 0 bridgehead atoms. The van der Waals surface area contributed by atoms with E-state index in [1.165, 1.54) is 0 Å². The van der Waals surface area contributed by atoms with E-state index in [4.69, 9.17) is 0 Å². The summed E-state index contributed by atoms with van der Waals surface area (Å²) < 4.78 is 0. The van der Waals surface area contributed by atoms with Crippen molar-refractivity contribution in [3.63, 3.8) is 0 Å². The third-order valence-electron chi connectivity index (χ3n) is 5.80. The van der Waals surface area contributed by atoms with Gasteiger partial charge in [0.1, 0.15) is 5.78 Å². The molecule has 2 heterocycles. The van der Waals surface area contributed by atoms with E-state index in [1.54, 1.807) is 6.92 Å². The number of nitrogens with one attached hydrogen (secondary N) is 1. The van der Waals surface area contributed by atoms with Crippen molar-refractivity contribution in [2.24, 2.45) is 5.92 Å². The van der Waals surface area contributed by atoms with Crippen LogP contribution in [0.3, 0.4) is 0 Å². The lowest BCUT2D eigenvalue weighted by molar-refractivity contribution is -0.134. The second-order valence-corrected chi connectivity index (χ2v) is 7.81. The number of carbonyl (C=O) groups is 3. The first-order valence-electron chi connectivity index (χ1n) is 9.78. The van der Waals surface area contributed by atoms with Gasteiger partial charge in [0.25, 0.3) is 5.91 Å². The van der Waals surface area contributed by atoms with E-state index in [-0.39, 0.29) is 29.7 Å². The summed E-state index contributed by atoms with van der Waals surface area (Å²) in [7, 11) is 1.85. The third kappa shape index (κ3) is 4.15. The molecule has 3 rings (SSSR count). The number of Topliss-reactive ketones (excluding diaryl/α,β-unsaturated/α-hetero) is 1. The lowest BCUT2D eigenvalue weighted by Gasteiger charge is -2.29. The fourth-order valence-electron chi connectivity index (χ4n) is 4.46. The van der Waals surface area contributed by atoms with Gasteiger partial charge in [0.2, 0.25) is 5.91 Å². The molecule has 2 aliphatic rings. The van der Waals surface area contributed by atoms with Crippen LogP contribution in [0.4, 0.5) is 5.69 Å². The molecule has 2 saturated heterocycles. The van der Waals surface area contributed by atoms with E-state index in [0.29, 0.717) is 43.8 Å². The maximum absolute atomic E-state index is 12.8.